The number of fused-ring (bicyclic) bond motifs is 1. The maximum atomic E-state index is 12.9. The minimum atomic E-state index is -5.38. The van der Waals surface area contributed by atoms with Gasteiger partial charge in [-0.05, 0) is 53.9 Å². The summed E-state index contributed by atoms with van der Waals surface area (Å²) >= 11 is 0. The van der Waals surface area contributed by atoms with Crippen LogP contribution in [0.3, 0.4) is 0 Å². The van der Waals surface area contributed by atoms with Crippen LogP contribution in [-0.4, -0.2) is 43.1 Å². The second kappa shape index (κ2) is 9.55. The molecule has 1 fully saturated rings. The monoisotopic (exact) mass is 511 g/mol. The molecule has 36 heavy (non-hydrogen) atoms. The standard InChI is InChI=1S/C27H24F3N3O2S/c28-27(29,30)36(34,35)24-12-10-22(11-13-24)33-18-23(16-20-6-2-1-3-7-20)32(19-33)17-21-14-15-31-26-9-5-4-8-25(21)26/h1-15,23H,16-19H2/t23-/m1/s1. The number of hydrogen-bond acceptors (Lipinski definition) is 5. The Morgan fingerprint density at radius 3 is 2.31 bits per heavy atom. The van der Waals surface area contributed by atoms with Crippen LogP contribution in [-0.2, 0) is 22.8 Å². The van der Waals surface area contributed by atoms with Crippen LogP contribution in [0.1, 0.15) is 11.1 Å². The zero-order valence-electron chi connectivity index (χ0n) is 19.3. The third-order valence-electron chi connectivity index (χ3n) is 6.54. The summed E-state index contributed by atoms with van der Waals surface area (Å²) in [4.78, 5) is 8.11. The van der Waals surface area contributed by atoms with Gasteiger partial charge in [-0.25, -0.2) is 8.42 Å². The van der Waals surface area contributed by atoms with Crippen LogP contribution in [0.2, 0.25) is 0 Å². The lowest BCUT2D eigenvalue weighted by atomic mass is 10.0. The topological polar surface area (TPSA) is 53.5 Å². The van der Waals surface area contributed by atoms with Crippen molar-refractivity contribution in [2.45, 2.75) is 29.4 Å². The van der Waals surface area contributed by atoms with Crippen molar-refractivity contribution >= 4 is 26.4 Å². The Morgan fingerprint density at radius 2 is 1.58 bits per heavy atom. The highest BCUT2D eigenvalue weighted by Crippen LogP contribution is 2.32. The molecular weight excluding hydrogens is 487 g/mol. The number of alkyl halides is 3. The molecule has 0 aliphatic carbocycles. The van der Waals surface area contributed by atoms with E-state index < -0.39 is 20.2 Å². The predicted octanol–water partition coefficient (Wildman–Crippen LogP) is 5.42. The Kier molecular flexibility index (Phi) is 6.44. The smallest absolute Gasteiger partial charge is 0.357 e. The molecular formula is C27H24F3N3O2S. The van der Waals surface area contributed by atoms with Crippen LogP contribution in [0, 0.1) is 0 Å². The molecule has 5 nitrogen and oxygen atoms in total. The van der Waals surface area contributed by atoms with E-state index in [2.05, 4.69) is 33.0 Å². The Labute approximate surface area is 207 Å². The van der Waals surface area contributed by atoms with Gasteiger partial charge in [0.15, 0.2) is 0 Å². The van der Waals surface area contributed by atoms with Gasteiger partial charge in [0.05, 0.1) is 17.1 Å². The Hall–Kier alpha value is -3.43. The third kappa shape index (κ3) is 4.81. The molecule has 0 bridgehead atoms. The van der Waals surface area contributed by atoms with Crippen molar-refractivity contribution in [3.05, 3.63) is 102 Å². The number of anilines is 1. The summed E-state index contributed by atoms with van der Waals surface area (Å²) < 4.78 is 62.3. The van der Waals surface area contributed by atoms with Crippen molar-refractivity contribution in [3.63, 3.8) is 0 Å². The van der Waals surface area contributed by atoms with E-state index in [1.807, 2.05) is 42.5 Å². The van der Waals surface area contributed by atoms with E-state index in [9.17, 15) is 21.6 Å². The van der Waals surface area contributed by atoms with E-state index in [4.69, 9.17) is 0 Å². The maximum Gasteiger partial charge on any atom is 0.501 e. The first-order valence-electron chi connectivity index (χ1n) is 11.5. The second-order valence-electron chi connectivity index (χ2n) is 8.88. The fraction of sp³-hybridized carbons (Fsp3) is 0.222. The molecule has 1 aliphatic heterocycles. The van der Waals surface area contributed by atoms with Crippen LogP contribution < -0.4 is 4.90 Å². The first kappa shape index (κ1) is 24.3. The Bertz CT molecular complexity index is 1450. The average molecular weight is 512 g/mol. The minimum Gasteiger partial charge on any atom is -0.357 e. The van der Waals surface area contributed by atoms with Gasteiger partial charge in [0.25, 0.3) is 9.84 Å². The third-order valence-corrected chi connectivity index (χ3v) is 8.05. The highest BCUT2D eigenvalue weighted by Gasteiger charge is 2.46. The highest BCUT2D eigenvalue weighted by molar-refractivity contribution is 7.92. The van der Waals surface area contributed by atoms with E-state index in [1.165, 1.54) is 17.7 Å². The molecule has 9 heteroatoms. The largest absolute Gasteiger partial charge is 0.501 e. The summed E-state index contributed by atoms with van der Waals surface area (Å²) in [5.41, 5.74) is -1.39. The zero-order chi connectivity index (χ0) is 25.3. The van der Waals surface area contributed by atoms with Crippen molar-refractivity contribution in [3.8, 4) is 0 Å². The lowest BCUT2D eigenvalue weighted by molar-refractivity contribution is -0.0436. The lowest BCUT2D eigenvalue weighted by Gasteiger charge is -2.24. The van der Waals surface area contributed by atoms with E-state index >= 15 is 0 Å². The molecule has 1 atom stereocenters. The van der Waals surface area contributed by atoms with Crippen LogP contribution in [0.15, 0.2) is 96.0 Å². The quantitative estimate of drug-likeness (QED) is 0.346. The van der Waals surface area contributed by atoms with Crippen molar-refractivity contribution in [1.82, 2.24) is 9.88 Å². The van der Waals surface area contributed by atoms with Crippen molar-refractivity contribution < 1.29 is 21.6 Å². The number of sulfone groups is 1. The van der Waals surface area contributed by atoms with Gasteiger partial charge in [-0.2, -0.15) is 13.2 Å². The highest BCUT2D eigenvalue weighted by atomic mass is 32.2. The molecule has 5 rings (SSSR count). The van der Waals surface area contributed by atoms with Gasteiger partial charge in [-0.1, -0.05) is 48.5 Å². The first-order chi connectivity index (χ1) is 17.2. The number of benzene rings is 3. The minimum absolute atomic E-state index is 0.151. The summed E-state index contributed by atoms with van der Waals surface area (Å²) in [7, 11) is -5.38. The fourth-order valence-corrected chi connectivity index (χ4v) is 5.45. The molecule has 3 aromatic carbocycles. The molecule has 0 amide bonds. The van der Waals surface area contributed by atoms with Gasteiger partial charge in [0.2, 0.25) is 0 Å². The van der Waals surface area contributed by atoms with Crippen LogP contribution in [0.25, 0.3) is 10.9 Å². The number of hydrogen-bond donors (Lipinski definition) is 0. The summed E-state index contributed by atoms with van der Waals surface area (Å²) in [6.07, 6.45) is 2.61. The zero-order valence-corrected chi connectivity index (χ0v) is 20.1. The maximum absolute atomic E-state index is 12.9. The normalized spacial score (nSPS) is 17.1. The fourth-order valence-electron chi connectivity index (χ4n) is 4.69. The Balaban J connectivity index is 1.42. The van der Waals surface area contributed by atoms with Gasteiger partial charge in [0.1, 0.15) is 0 Å². The number of rotatable bonds is 6. The summed E-state index contributed by atoms with van der Waals surface area (Å²) in [5, 5.41) is 1.08. The van der Waals surface area contributed by atoms with Gasteiger partial charge >= 0.3 is 5.51 Å². The SMILES string of the molecule is O=S(=O)(c1ccc(N2C[C@@H](Cc3ccccc3)N(Cc3ccnc4ccccc34)C2)cc1)C(F)(F)F. The molecule has 0 saturated carbocycles. The molecule has 0 spiro atoms. The summed E-state index contributed by atoms with van der Waals surface area (Å²) in [6, 6.07) is 25.2. The van der Waals surface area contributed by atoms with E-state index in [-0.39, 0.29) is 6.04 Å². The average Bonchev–Trinajstić information content (AvgIpc) is 3.26. The molecule has 0 radical (unpaired) electrons. The first-order valence-corrected chi connectivity index (χ1v) is 13.0. The molecule has 0 unspecified atom stereocenters. The number of para-hydroxylation sites is 1. The molecule has 2 heterocycles. The van der Waals surface area contributed by atoms with Crippen LogP contribution >= 0.6 is 0 Å². The van der Waals surface area contributed by atoms with Crippen molar-refractivity contribution in [2.75, 3.05) is 18.1 Å². The molecule has 1 saturated heterocycles. The molecule has 1 aromatic heterocycles. The van der Waals surface area contributed by atoms with E-state index in [0.717, 1.165) is 35.0 Å². The van der Waals surface area contributed by atoms with Crippen LogP contribution in [0.4, 0.5) is 18.9 Å². The van der Waals surface area contributed by atoms with E-state index in [1.54, 1.807) is 6.20 Å². The predicted molar refractivity (Wildman–Crippen MR) is 133 cm³/mol. The molecule has 0 N–H and O–H groups in total. The molecule has 1 aliphatic rings. The van der Waals surface area contributed by atoms with E-state index in [0.29, 0.717) is 25.4 Å². The molecule has 4 aromatic rings. The van der Waals surface area contributed by atoms with Gasteiger partial charge < -0.3 is 4.90 Å². The Morgan fingerprint density at radius 1 is 0.889 bits per heavy atom. The number of pyridine rings is 1. The van der Waals surface area contributed by atoms with Crippen molar-refractivity contribution in [1.29, 1.82) is 0 Å². The lowest BCUT2D eigenvalue weighted by Crippen LogP contribution is -2.32. The summed E-state index contributed by atoms with van der Waals surface area (Å²) in [6.45, 7) is 1.89. The van der Waals surface area contributed by atoms with Gasteiger partial charge in [-0.3, -0.25) is 9.88 Å². The number of nitrogens with zero attached hydrogens (tertiary/aromatic N) is 3. The van der Waals surface area contributed by atoms with Gasteiger partial charge in [-0.15, -0.1) is 0 Å². The van der Waals surface area contributed by atoms with Gasteiger partial charge in [0, 0.05) is 36.4 Å². The molecule has 186 valence electrons. The van der Waals surface area contributed by atoms with Crippen molar-refractivity contribution in [2.24, 2.45) is 0 Å². The number of aromatic nitrogens is 1. The van der Waals surface area contributed by atoms with Crippen LogP contribution in [0.5, 0.6) is 0 Å². The summed E-state index contributed by atoms with van der Waals surface area (Å²) in [5.74, 6) is 0. The second-order valence-corrected chi connectivity index (χ2v) is 10.8. The number of halogens is 3.